The second kappa shape index (κ2) is 13.9. The van der Waals surface area contributed by atoms with E-state index in [1.165, 1.54) is 0 Å². The lowest BCUT2D eigenvalue weighted by Crippen LogP contribution is -2.45. The highest BCUT2D eigenvalue weighted by molar-refractivity contribution is 5.87. The fraction of sp³-hybridized carbons (Fsp3) is 0.432. The molecule has 1 unspecified atom stereocenters. The first-order chi connectivity index (χ1) is 23.7. The minimum atomic E-state index is -4.51. The molecule has 12 heteroatoms. The van der Waals surface area contributed by atoms with Crippen LogP contribution in [0.15, 0.2) is 54.9 Å². The van der Waals surface area contributed by atoms with Gasteiger partial charge in [-0.1, -0.05) is 32.1 Å². The highest BCUT2D eigenvalue weighted by Crippen LogP contribution is 2.37. The van der Waals surface area contributed by atoms with Gasteiger partial charge in [0.2, 0.25) is 5.91 Å². The van der Waals surface area contributed by atoms with E-state index in [2.05, 4.69) is 26.7 Å². The molecule has 1 aromatic carbocycles. The third-order valence-electron chi connectivity index (χ3n) is 9.92. The van der Waals surface area contributed by atoms with E-state index in [0.29, 0.717) is 49.0 Å². The molecule has 1 saturated heterocycles. The average Bonchev–Trinajstić information content (AvgIpc) is 3.79. The summed E-state index contributed by atoms with van der Waals surface area (Å²) in [5, 5.41) is 0.828. The van der Waals surface area contributed by atoms with E-state index in [1.807, 2.05) is 25.1 Å². The van der Waals surface area contributed by atoms with Crippen molar-refractivity contribution in [3.05, 3.63) is 88.5 Å². The van der Waals surface area contributed by atoms with E-state index in [4.69, 9.17) is 14.5 Å². The van der Waals surface area contributed by atoms with Crippen LogP contribution in [0.1, 0.15) is 59.8 Å². The van der Waals surface area contributed by atoms with Crippen molar-refractivity contribution in [1.29, 1.82) is 0 Å². The molecule has 0 bridgehead atoms. The normalized spacial score (nSPS) is 18.9. The quantitative estimate of drug-likeness (QED) is 0.220. The van der Waals surface area contributed by atoms with Crippen LogP contribution in [0.3, 0.4) is 0 Å². The molecule has 1 N–H and O–H groups in total. The summed E-state index contributed by atoms with van der Waals surface area (Å²) < 4.78 is 54.6. The first-order valence-electron chi connectivity index (χ1n) is 17.0. The molecule has 3 aliphatic rings. The Morgan fingerprint density at radius 3 is 2.61 bits per heavy atom. The second-order valence-electron chi connectivity index (χ2n) is 13.1. The van der Waals surface area contributed by atoms with Gasteiger partial charge in [-0.15, -0.1) is 0 Å². The van der Waals surface area contributed by atoms with Crippen LogP contribution >= 0.6 is 0 Å². The van der Waals surface area contributed by atoms with E-state index < -0.39 is 11.7 Å². The molecule has 4 aromatic rings. The molecule has 1 atom stereocenters. The number of hydrogen-bond donors (Lipinski definition) is 1. The molecule has 6 heterocycles. The fourth-order valence-corrected chi connectivity index (χ4v) is 7.08. The summed E-state index contributed by atoms with van der Waals surface area (Å²) in [6.07, 6.45) is 1.57. The highest BCUT2D eigenvalue weighted by Gasteiger charge is 2.35. The number of alkyl halides is 3. The number of nitrogens with one attached hydrogen (secondary N) is 1. The summed E-state index contributed by atoms with van der Waals surface area (Å²) >= 11 is 0. The average molecular weight is 675 g/mol. The van der Waals surface area contributed by atoms with Crippen LogP contribution < -0.4 is 4.74 Å². The number of rotatable bonds is 9. The number of nitrogens with zero attached hydrogens (tertiary/aromatic N) is 5. The smallest absolute Gasteiger partial charge is 0.416 e. The number of fused-ring (bicyclic) bond motifs is 2. The van der Waals surface area contributed by atoms with Crippen molar-refractivity contribution in [2.45, 2.75) is 51.9 Å². The van der Waals surface area contributed by atoms with Gasteiger partial charge in [-0.25, -0.2) is 4.98 Å². The maximum atomic E-state index is 14.3. The minimum Gasteiger partial charge on any atom is -0.455 e. The Kier molecular flexibility index (Phi) is 9.45. The Bertz CT molecular complexity index is 1860. The molecule has 3 aromatic heterocycles. The van der Waals surface area contributed by atoms with Crippen LogP contribution in [0.25, 0.3) is 16.6 Å². The number of aromatic nitrogens is 3. The van der Waals surface area contributed by atoms with Gasteiger partial charge in [0.1, 0.15) is 17.1 Å². The number of likely N-dealkylation sites (N-methyl/N-ethyl adjacent to an activating group) is 1. The lowest BCUT2D eigenvalue weighted by molar-refractivity contribution is -0.139. The van der Waals surface area contributed by atoms with Gasteiger partial charge in [0.15, 0.2) is 0 Å². The van der Waals surface area contributed by atoms with E-state index in [-0.39, 0.29) is 30.4 Å². The van der Waals surface area contributed by atoms with Crippen LogP contribution in [-0.4, -0.2) is 88.0 Å². The summed E-state index contributed by atoms with van der Waals surface area (Å²) in [6.45, 7) is 10.4. The zero-order valence-electron chi connectivity index (χ0n) is 27.9. The molecule has 7 rings (SSSR count). The van der Waals surface area contributed by atoms with E-state index >= 15 is 0 Å². The summed E-state index contributed by atoms with van der Waals surface area (Å²) in [4.78, 5) is 32.3. The Labute approximate surface area is 283 Å². The van der Waals surface area contributed by atoms with Gasteiger partial charge in [-0.2, -0.15) is 13.2 Å². The summed E-state index contributed by atoms with van der Waals surface area (Å²) in [7, 11) is 0. The van der Waals surface area contributed by atoms with Crippen molar-refractivity contribution < 1.29 is 27.4 Å². The van der Waals surface area contributed by atoms with Crippen LogP contribution in [0, 0.1) is 0 Å². The number of H-pyrrole nitrogens is 1. The monoisotopic (exact) mass is 674 g/mol. The number of pyridine rings is 2. The number of hydrogen-bond acceptors (Lipinski definition) is 7. The van der Waals surface area contributed by atoms with Crippen LogP contribution in [-0.2, 0) is 35.2 Å². The first-order valence-corrected chi connectivity index (χ1v) is 17.0. The SMILES string of the molecule is CCC1CN(C(=O)Cc2ccc(CN3CCN(CC)CC3)c(C(F)(F)F)c2)Cc2cc(Oc3ccnc4[nH]c(C5=CCOC5)cc34)cnc21. The molecular weight excluding hydrogens is 633 g/mol. The Morgan fingerprint density at radius 2 is 1.88 bits per heavy atom. The van der Waals surface area contributed by atoms with Crippen LogP contribution in [0.2, 0.25) is 0 Å². The minimum absolute atomic E-state index is 0.00445. The van der Waals surface area contributed by atoms with Crippen molar-refractivity contribution in [3.63, 3.8) is 0 Å². The van der Waals surface area contributed by atoms with Crippen molar-refractivity contribution in [2.75, 3.05) is 52.5 Å². The molecule has 3 aliphatic heterocycles. The third kappa shape index (κ3) is 7.22. The molecular formula is C37H41F3N6O3. The fourth-order valence-electron chi connectivity index (χ4n) is 7.08. The van der Waals surface area contributed by atoms with Crippen molar-refractivity contribution >= 4 is 22.5 Å². The molecule has 0 saturated carbocycles. The predicted octanol–water partition coefficient (Wildman–Crippen LogP) is 6.40. The van der Waals surface area contributed by atoms with E-state index in [0.717, 1.165) is 73.1 Å². The molecule has 0 radical (unpaired) electrons. The van der Waals surface area contributed by atoms with Gasteiger partial charge in [0.25, 0.3) is 0 Å². The van der Waals surface area contributed by atoms with Gasteiger partial charge in [0, 0.05) is 63.6 Å². The third-order valence-corrected chi connectivity index (χ3v) is 9.92. The lowest BCUT2D eigenvalue weighted by atomic mass is 9.92. The predicted molar refractivity (Wildman–Crippen MR) is 180 cm³/mol. The van der Waals surface area contributed by atoms with Crippen LogP contribution in [0.4, 0.5) is 13.2 Å². The molecule has 0 aliphatic carbocycles. The van der Waals surface area contributed by atoms with Gasteiger partial charge < -0.3 is 24.3 Å². The van der Waals surface area contributed by atoms with Crippen molar-refractivity contribution in [3.8, 4) is 11.5 Å². The summed E-state index contributed by atoms with van der Waals surface area (Å²) in [5.74, 6) is 0.942. The number of piperazine rings is 1. The Hall–Kier alpha value is -4.26. The standard InChI is InChI=1S/C37H41F3N6O3/c1-3-25-21-46(34(47)16-24-5-6-26(31(15-24)37(38,39)40)20-45-12-10-44(4-2)11-13-45)22-28-17-29(19-42-35(25)28)49-33-7-9-41-36-30(33)18-32(43-36)27-8-14-48-23-27/h5-9,15,17-19,25H,3-4,10-14,16,20-23H2,1-2H3,(H,41,43). The maximum absolute atomic E-state index is 14.3. The number of carbonyl (C=O) groups is 1. The molecule has 49 heavy (non-hydrogen) atoms. The zero-order chi connectivity index (χ0) is 34.1. The number of aromatic amines is 1. The largest absolute Gasteiger partial charge is 0.455 e. The van der Waals surface area contributed by atoms with Crippen molar-refractivity contribution in [1.82, 2.24) is 29.7 Å². The Morgan fingerprint density at radius 1 is 1.06 bits per heavy atom. The van der Waals surface area contributed by atoms with Gasteiger partial charge in [-0.3, -0.25) is 14.7 Å². The molecule has 9 nitrogen and oxygen atoms in total. The van der Waals surface area contributed by atoms with E-state index in [1.54, 1.807) is 35.5 Å². The first kappa shape index (κ1) is 33.2. The van der Waals surface area contributed by atoms with Gasteiger partial charge >= 0.3 is 6.18 Å². The zero-order valence-corrected chi connectivity index (χ0v) is 27.9. The molecule has 1 amide bonds. The molecule has 1 fully saturated rings. The number of amides is 1. The summed E-state index contributed by atoms with van der Waals surface area (Å²) in [5.41, 5.74) is 4.43. The highest BCUT2D eigenvalue weighted by atomic mass is 19.4. The Balaban J connectivity index is 1.07. The maximum Gasteiger partial charge on any atom is 0.416 e. The molecule has 0 spiro atoms. The van der Waals surface area contributed by atoms with E-state index in [9.17, 15) is 18.0 Å². The topological polar surface area (TPSA) is 86.8 Å². The number of benzene rings is 1. The molecule has 258 valence electrons. The number of halogens is 3. The second-order valence-corrected chi connectivity index (χ2v) is 13.1. The van der Waals surface area contributed by atoms with Gasteiger partial charge in [-0.05, 0) is 59.5 Å². The lowest BCUT2D eigenvalue weighted by Gasteiger charge is -2.34. The van der Waals surface area contributed by atoms with Gasteiger partial charge in [0.05, 0.1) is 42.5 Å². The summed E-state index contributed by atoms with van der Waals surface area (Å²) in [6, 6.07) is 10.1. The van der Waals surface area contributed by atoms with Crippen LogP contribution in [0.5, 0.6) is 11.5 Å². The van der Waals surface area contributed by atoms with Crippen molar-refractivity contribution in [2.24, 2.45) is 0 Å². The number of ether oxygens (including phenoxy) is 2. The number of carbonyl (C=O) groups excluding carboxylic acids is 1.